The van der Waals surface area contributed by atoms with Gasteiger partial charge in [-0.05, 0) is 29.8 Å². The fraction of sp³-hybridized carbons (Fsp3) is 0.0714. The van der Waals surface area contributed by atoms with Gasteiger partial charge >= 0.3 is 0 Å². The Morgan fingerprint density at radius 3 is 2.67 bits per heavy atom. The number of hydrogen-bond acceptors (Lipinski definition) is 3. The van der Waals surface area contributed by atoms with Gasteiger partial charge in [0.1, 0.15) is 5.75 Å². The van der Waals surface area contributed by atoms with Crippen LogP contribution in [0.2, 0.25) is 0 Å². The van der Waals surface area contributed by atoms with Crippen molar-refractivity contribution in [2.45, 2.75) is 6.42 Å². The Morgan fingerprint density at radius 1 is 1.17 bits per heavy atom. The molecule has 0 bridgehead atoms. The van der Waals surface area contributed by atoms with Gasteiger partial charge in [0.15, 0.2) is 0 Å². The van der Waals surface area contributed by atoms with E-state index >= 15 is 0 Å². The fourth-order valence-electron chi connectivity index (χ4n) is 1.68. The molecule has 0 unspecified atom stereocenters. The molecule has 0 saturated heterocycles. The van der Waals surface area contributed by atoms with E-state index in [1.165, 1.54) is 6.07 Å². The third-order valence-corrected chi connectivity index (χ3v) is 2.45. The SMILES string of the molecule is Nc1cccc(CC(=O)Nc2cccc(O)c2)c1. The van der Waals surface area contributed by atoms with Crippen molar-refractivity contribution in [3.63, 3.8) is 0 Å². The highest BCUT2D eigenvalue weighted by Gasteiger charge is 2.04. The Bertz CT molecular complexity index is 518. The van der Waals surface area contributed by atoms with Gasteiger partial charge in [0.2, 0.25) is 5.91 Å². The molecule has 0 aliphatic heterocycles. The van der Waals surface area contributed by atoms with E-state index in [0.717, 1.165) is 5.56 Å². The van der Waals surface area contributed by atoms with Gasteiger partial charge in [0, 0.05) is 17.4 Å². The van der Waals surface area contributed by atoms with E-state index in [9.17, 15) is 9.90 Å². The van der Waals surface area contributed by atoms with E-state index in [-0.39, 0.29) is 18.1 Å². The van der Waals surface area contributed by atoms with Gasteiger partial charge in [-0.15, -0.1) is 0 Å². The Labute approximate surface area is 105 Å². The largest absolute Gasteiger partial charge is 0.508 e. The molecule has 2 aromatic carbocycles. The number of nitrogens with two attached hydrogens (primary N) is 1. The van der Waals surface area contributed by atoms with Crippen LogP contribution in [0.4, 0.5) is 11.4 Å². The van der Waals surface area contributed by atoms with Crippen molar-refractivity contribution in [1.29, 1.82) is 0 Å². The van der Waals surface area contributed by atoms with Gasteiger partial charge in [0.05, 0.1) is 6.42 Å². The molecule has 0 saturated carbocycles. The molecule has 2 rings (SSSR count). The Hall–Kier alpha value is -2.49. The van der Waals surface area contributed by atoms with Crippen LogP contribution in [0.5, 0.6) is 5.75 Å². The molecule has 0 aliphatic rings. The number of aromatic hydroxyl groups is 1. The number of phenolic OH excluding ortho intramolecular Hbond substituents is 1. The lowest BCUT2D eigenvalue weighted by atomic mass is 10.1. The lowest BCUT2D eigenvalue weighted by Crippen LogP contribution is -2.14. The summed E-state index contributed by atoms with van der Waals surface area (Å²) in [5, 5.41) is 12.0. The minimum absolute atomic E-state index is 0.122. The summed E-state index contributed by atoms with van der Waals surface area (Å²) in [6, 6.07) is 13.6. The Morgan fingerprint density at radius 2 is 1.94 bits per heavy atom. The zero-order chi connectivity index (χ0) is 13.0. The molecule has 0 aromatic heterocycles. The number of carbonyl (C=O) groups is 1. The van der Waals surface area contributed by atoms with Gasteiger partial charge in [0.25, 0.3) is 0 Å². The van der Waals surface area contributed by atoms with E-state index in [0.29, 0.717) is 11.4 Å². The Balaban J connectivity index is 2.01. The van der Waals surface area contributed by atoms with Crippen molar-refractivity contribution in [2.75, 3.05) is 11.1 Å². The van der Waals surface area contributed by atoms with E-state index in [2.05, 4.69) is 5.32 Å². The number of amides is 1. The summed E-state index contributed by atoms with van der Waals surface area (Å²) in [6.45, 7) is 0. The van der Waals surface area contributed by atoms with Gasteiger partial charge in [-0.1, -0.05) is 18.2 Å². The van der Waals surface area contributed by atoms with Crippen molar-refractivity contribution in [3.05, 3.63) is 54.1 Å². The maximum absolute atomic E-state index is 11.8. The number of carbonyl (C=O) groups excluding carboxylic acids is 1. The zero-order valence-electron chi connectivity index (χ0n) is 9.76. The van der Waals surface area contributed by atoms with Crippen LogP contribution in [0.3, 0.4) is 0 Å². The van der Waals surface area contributed by atoms with E-state index < -0.39 is 0 Å². The number of rotatable bonds is 3. The van der Waals surface area contributed by atoms with Crippen molar-refractivity contribution < 1.29 is 9.90 Å². The van der Waals surface area contributed by atoms with Gasteiger partial charge < -0.3 is 16.2 Å². The second-order valence-electron chi connectivity index (χ2n) is 4.02. The molecule has 2 aromatic rings. The summed E-state index contributed by atoms with van der Waals surface area (Å²) in [5.41, 5.74) is 7.71. The normalized spacial score (nSPS) is 10.0. The minimum Gasteiger partial charge on any atom is -0.508 e. The fourth-order valence-corrected chi connectivity index (χ4v) is 1.68. The molecular formula is C14H14N2O2. The molecule has 0 fully saturated rings. The average molecular weight is 242 g/mol. The van der Waals surface area contributed by atoms with Crippen LogP contribution in [0.15, 0.2) is 48.5 Å². The van der Waals surface area contributed by atoms with Crippen molar-refractivity contribution >= 4 is 17.3 Å². The molecule has 4 nitrogen and oxygen atoms in total. The number of anilines is 2. The molecular weight excluding hydrogens is 228 g/mol. The maximum atomic E-state index is 11.8. The minimum atomic E-state index is -0.147. The molecule has 0 heterocycles. The zero-order valence-corrected chi connectivity index (χ0v) is 9.76. The second kappa shape index (κ2) is 5.23. The highest BCUT2D eigenvalue weighted by Crippen LogP contribution is 2.16. The first-order valence-corrected chi connectivity index (χ1v) is 5.57. The van der Waals surface area contributed by atoms with Crippen molar-refractivity contribution in [3.8, 4) is 5.75 Å². The summed E-state index contributed by atoms with van der Waals surface area (Å²) < 4.78 is 0. The second-order valence-corrected chi connectivity index (χ2v) is 4.02. The van der Waals surface area contributed by atoms with Crippen LogP contribution in [0, 0.1) is 0 Å². The quantitative estimate of drug-likeness (QED) is 0.722. The lowest BCUT2D eigenvalue weighted by molar-refractivity contribution is -0.115. The van der Waals surface area contributed by atoms with Crippen LogP contribution in [-0.4, -0.2) is 11.0 Å². The standard InChI is InChI=1S/C14H14N2O2/c15-11-4-1-3-10(7-11)8-14(18)16-12-5-2-6-13(17)9-12/h1-7,9,17H,8,15H2,(H,16,18). The molecule has 1 amide bonds. The predicted octanol–water partition coefficient (Wildman–Crippen LogP) is 2.16. The van der Waals surface area contributed by atoms with Gasteiger partial charge in [-0.2, -0.15) is 0 Å². The van der Waals surface area contributed by atoms with E-state index in [4.69, 9.17) is 5.73 Å². The molecule has 0 radical (unpaired) electrons. The first-order valence-electron chi connectivity index (χ1n) is 5.57. The van der Waals surface area contributed by atoms with E-state index in [1.54, 1.807) is 30.3 Å². The predicted molar refractivity (Wildman–Crippen MR) is 71.3 cm³/mol. The summed E-state index contributed by atoms with van der Waals surface area (Å²) in [5.74, 6) is -0.0250. The molecule has 0 atom stereocenters. The van der Waals surface area contributed by atoms with Gasteiger partial charge in [-0.25, -0.2) is 0 Å². The molecule has 0 aliphatic carbocycles. The van der Waals surface area contributed by atoms with Crippen LogP contribution in [0.25, 0.3) is 0 Å². The van der Waals surface area contributed by atoms with Crippen LogP contribution in [-0.2, 0) is 11.2 Å². The maximum Gasteiger partial charge on any atom is 0.228 e. The summed E-state index contributed by atoms with van der Waals surface area (Å²) in [7, 11) is 0. The topological polar surface area (TPSA) is 75.4 Å². The third-order valence-electron chi connectivity index (χ3n) is 2.45. The summed E-state index contributed by atoms with van der Waals surface area (Å²) in [4.78, 5) is 11.8. The molecule has 0 spiro atoms. The Kier molecular flexibility index (Phi) is 3.48. The smallest absolute Gasteiger partial charge is 0.228 e. The average Bonchev–Trinajstić information content (AvgIpc) is 2.28. The van der Waals surface area contributed by atoms with Crippen LogP contribution in [0.1, 0.15) is 5.56 Å². The van der Waals surface area contributed by atoms with Crippen LogP contribution >= 0.6 is 0 Å². The molecule has 4 N–H and O–H groups in total. The summed E-state index contributed by atoms with van der Waals surface area (Å²) in [6.07, 6.45) is 0.251. The summed E-state index contributed by atoms with van der Waals surface area (Å²) >= 11 is 0. The highest BCUT2D eigenvalue weighted by molar-refractivity contribution is 5.92. The van der Waals surface area contributed by atoms with E-state index in [1.807, 2.05) is 12.1 Å². The first-order chi connectivity index (χ1) is 8.63. The molecule has 92 valence electrons. The first kappa shape index (κ1) is 12.0. The number of hydrogen-bond donors (Lipinski definition) is 3. The molecule has 4 heteroatoms. The molecule has 18 heavy (non-hydrogen) atoms. The van der Waals surface area contributed by atoms with Crippen LogP contribution < -0.4 is 11.1 Å². The number of phenols is 1. The number of nitrogens with one attached hydrogen (secondary N) is 1. The highest BCUT2D eigenvalue weighted by atomic mass is 16.3. The van der Waals surface area contributed by atoms with Crippen molar-refractivity contribution in [2.24, 2.45) is 0 Å². The monoisotopic (exact) mass is 242 g/mol. The number of nitrogen functional groups attached to an aromatic ring is 1. The van der Waals surface area contributed by atoms with Gasteiger partial charge in [-0.3, -0.25) is 4.79 Å². The third kappa shape index (κ3) is 3.25. The number of benzene rings is 2. The lowest BCUT2D eigenvalue weighted by Gasteiger charge is -2.06. The van der Waals surface area contributed by atoms with Crippen molar-refractivity contribution in [1.82, 2.24) is 0 Å².